The van der Waals surface area contributed by atoms with Crippen LogP contribution in [0, 0.1) is 6.92 Å². The minimum atomic E-state index is -0.852. The Morgan fingerprint density at radius 1 is 1.33 bits per heavy atom. The molecule has 4 heteroatoms. The average Bonchev–Trinajstić information content (AvgIpc) is 2.35. The third kappa shape index (κ3) is 5.01. The van der Waals surface area contributed by atoms with Gasteiger partial charge in [0.25, 0.3) is 0 Å². The monoisotopic (exact) mass is 250 g/mol. The van der Waals surface area contributed by atoms with Crippen LogP contribution in [-0.2, 0) is 9.53 Å². The molecule has 0 bridgehead atoms. The molecule has 1 rings (SSSR count). The number of carbonyl (C=O) groups excluding carboxylic acids is 1. The number of carbonyl (C=O) groups is 1. The molecular weight excluding hydrogens is 232 g/mol. The van der Waals surface area contributed by atoms with Gasteiger partial charge in [0.2, 0.25) is 0 Å². The van der Waals surface area contributed by atoms with Gasteiger partial charge in [0.15, 0.2) is 0 Å². The van der Waals surface area contributed by atoms with Crippen LogP contribution in [0.1, 0.15) is 12.5 Å². The minimum absolute atomic E-state index is 0.0759. The third-order valence-corrected chi connectivity index (χ3v) is 2.22. The van der Waals surface area contributed by atoms with Gasteiger partial charge >= 0.3 is 5.97 Å². The molecule has 0 aromatic heterocycles. The fourth-order valence-corrected chi connectivity index (χ4v) is 1.17. The number of hydrogen-bond acceptors (Lipinski definition) is 4. The zero-order valence-corrected chi connectivity index (χ0v) is 10.7. The Labute approximate surface area is 107 Å². The van der Waals surface area contributed by atoms with Gasteiger partial charge in [-0.1, -0.05) is 24.3 Å². The van der Waals surface area contributed by atoms with E-state index in [0.717, 1.165) is 5.56 Å². The molecule has 0 aliphatic rings. The lowest BCUT2D eigenvalue weighted by atomic mass is 10.2. The van der Waals surface area contributed by atoms with Crippen molar-refractivity contribution in [1.82, 2.24) is 0 Å². The van der Waals surface area contributed by atoms with E-state index in [0.29, 0.717) is 11.3 Å². The van der Waals surface area contributed by atoms with Crippen molar-refractivity contribution < 1.29 is 19.4 Å². The van der Waals surface area contributed by atoms with Gasteiger partial charge in [0.1, 0.15) is 25.1 Å². The Hall–Kier alpha value is -1.81. The molecule has 0 amide bonds. The van der Waals surface area contributed by atoms with Crippen molar-refractivity contribution in [2.75, 3.05) is 13.2 Å². The Balaban J connectivity index is 2.28. The second-order valence-electron chi connectivity index (χ2n) is 4.16. The molecule has 0 radical (unpaired) electrons. The first kappa shape index (κ1) is 14.3. The zero-order chi connectivity index (χ0) is 13.5. The first-order valence-corrected chi connectivity index (χ1v) is 5.69. The number of rotatable bonds is 6. The summed E-state index contributed by atoms with van der Waals surface area (Å²) in [4.78, 5) is 11.1. The van der Waals surface area contributed by atoms with Gasteiger partial charge in [-0.2, -0.15) is 0 Å². The lowest BCUT2D eigenvalue weighted by molar-refractivity contribution is -0.142. The fourth-order valence-electron chi connectivity index (χ4n) is 1.17. The first-order valence-electron chi connectivity index (χ1n) is 5.69. The summed E-state index contributed by atoms with van der Waals surface area (Å²) in [5.41, 5.74) is 1.44. The van der Waals surface area contributed by atoms with E-state index in [-0.39, 0.29) is 13.2 Å². The Morgan fingerprint density at radius 3 is 2.50 bits per heavy atom. The van der Waals surface area contributed by atoms with Crippen LogP contribution < -0.4 is 4.74 Å². The number of hydrogen-bond donors (Lipinski definition) is 1. The molecule has 1 atom stereocenters. The molecule has 0 saturated heterocycles. The van der Waals surface area contributed by atoms with E-state index in [1.165, 1.54) is 0 Å². The van der Waals surface area contributed by atoms with Crippen molar-refractivity contribution >= 4 is 5.97 Å². The number of esters is 1. The highest BCUT2D eigenvalue weighted by Gasteiger charge is 2.10. The van der Waals surface area contributed by atoms with E-state index in [1.54, 1.807) is 6.92 Å². The van der Waals surface area contributed by atoms with E-state index in [1.807, 2.05) is 31.2 Å². The Bertz CT molecular complexity index is 408. The SMILES string of the molecule is C=C(C)C(=O)OCC(O)COc1ccc(C)cc1. The number of ether oxygens (including phenoxy) is 2. The summed E-state index contributed by atoms with van der Waals surface area (Å²) in [5, 5.41) is 9.56. The number of benzene rings is 1. The summed E-state index contributed by atoms with van der Waals surface area (Å²) in [6, 6.07) is 7.48. The zero-order valence-electron chi connectivity index (χ0n) is 10.7. The van der Waals surface area contributed by atoms with Gasteiger partial charge < -0.3 is 14.6 Å². The third-order valence-electron chi connectivity index (χ3n) is 2.22. The lowest BCUT2D eigenvalue weighted by Crippen LogP contribution is -2.25. The van der Waals surface area contributed by atoms with Crippen molar-refractivity contribution in [3.8, 4) is 5.75 Å². The van der Waals surface area contributed by atoms with Crippen LogP contribution in [0.15, 0.2) is 36.4 Å². The van der Waals surface area contributed by atoms with Crippen molar-refractivity contribution in [3.63, 3.8) is 0 Å². The largest absolute Gasteiger partial charge is 0.491 e. The van der Waals surface area contributed by atoms with Crippen molar-refractivity contribution in [1.29, 1.82) is 0 Å². The molecule has 0 saturated carbocycles. The summed E-state index contributed by atoms with van der Waals surface area (Å²) in [6.07, 6.45) is -0.852. The smallest absolute Gasteiger partial charge is 0.333 e. The van der Waals surface area contributed by atoms with Crippen LogP contribution in [0.2, 0.25) is 0 Å². The molecule has 98 valence electrons. The normalized spacial score (nSPS) is 11.7. The average molecular weight is 250 g/mol. The molecule has 0 aliphatic carbocycles. The number of aliphatic hydroxyl groups excluding tert-OH is 1. The van der Waals surface area contributed by atoms with Crippen LogP contribution in [-0.4, -0.2) is 30.4 Å². The summed E-state index contributed by atoms with van der Waals surface area (Å²) in [5.74, 6) is 0.162. The standard InChI is InChI=1S/C14H18O4/c1-10(2)14(16)18-9-12(15)8-17-13-6-4-11(3)5-7-13/h4-7,12,15H,1,8-9H2,2-3H3. The van der Waals surface area contributed by atoms with E-state index >= 15 is 0 Å². The maximum Gasteiger partial charge on any atom is 0.333 e. The molecule has 0 fully saturated rings. The number of aryl methyl sites for hydroxylation is 1. The van der Waals surface area contributed by atoms with Crippen molar-refractivity contribution in [2.24, 2.45) is 0 Å². The summed E-state index contributed by atoms with van der Waals surface area (Å²) in [7, 11) is 0. The highest BCUT2D eigenvalue weighted by molar-refractivity contribution is 5.86. The van der Waals surface area contributed by atoms with Gasteiger partial charge in [0, 0.05) is 5.57 Å². The summed E-state index contributed by atoms with van der Waals surface area (Å²) >= 11 is 0. The predicted octanol–water partition coefficient (Wildman–Crippen LogP) is 1.85. The molecule has 0 heterocycles. The molecule has 0 spiro atoms. The van der Waals surface area contributed by atoms with Crippen LogP contribution >= 0.6 is 0 Å². The molecule has 1 aromatic rings. The van der Waals surface area contributed by atoms with Gasteiger partial charge in [-0.05, 0) is 26.0 Å². The van der Waals surface area contributed by atoms with Crippen LogP contribution in [0.3, 0.4) is 0 Å². The van der Waals surface area contributed by atoms with E-state index in [2.05, 4.69) is 6.58 Å². The quantitative estimate of drug-likeness (QED) is 0.618. The highest BCUT2D eigenvalue weighted by Crippen LogP contribution is 2.11. The molecule has 1 N–H and O–H groups in total. The van der Waals surface area contributed by atoms with Crippen LogP contribution in [0.5, 0.6) is 5.75 Å². The van der Waals surface area contributed by atoms with Gasteiger partial charge in [-0.25, -0.2) is 4.79 Å². The van der Waals surface area contributed by atoms with Crippen molar-refractivity contribution in [2.45, 2.75) is 20.0 Å². The van der Waals surface area contributed by atoms with E-state index in [4.69, 9.17) is 9.47 Å². The summed E-state index contributed by atoms with van der Waals surface area (Å²) < 4.78 is 10.2. The van der Waals surface area contributed by atoms with Crippen molar-refractivity contribution in [3.05, 3.63) is 42.0 Å². The molecule has 1 aromatic carbocycles. The molecule has 0 aliphatic heterocycles. The Kier molecular flexibility index (Phi) is 5.39. The molecule has 4 nitrogen and oxygen atoms in total. The van der Waals surface area contributed by atoms with E-state index < -0.39 is 12.1 Å². The molecule has 18 heavy (non-hydrogen) atoms. The van der Waals surface area contributed by atoms with Crippen LogP contribution in [0.4, 0.5) is 0 Å². The van der Waals surface area contributed by atoms with Crippen LogP contribution in [0.25, 0.3) is 0 Å². The first-order chi connectivity index (χ1) is 8.49. The van der Waals surface area contributed by atoms with E-state index in [9.17, 15) is 9.90 Å². The summed E-state index contributed by atoms with van der Waals surface area (Å²) in [6.45, 7) is 6.96. The molecular formula is C14H18O4. The van der Waals surface area contributed by atoms with Gasteiger partial charge in [-0.15, -0.1) is 0 Å². The topological polar surface area (TPSA) is 55.8 Å². The Morgan fingerprint density at radius 2 is 1.94 bits per heavy atom. The fraction of sp³-hybridized carbons (Fsp3) is 0.357. The highest BCUT2D eigenvalue weighted by atomic mass is 16.5. The molecule has 1 unspecified atom stereocenters. The van der Waals surface area contributed by atoms with Gasteiger partial charge in [0.05, 0.1) is 0 Å². The lowest BCUT2D eigenvalue weighted by Gasteiger charge is -2.12. The second kappa shape index (κ2) is 6.81. The minimum Gasteiger partial charge on any atom is -0.491 e. The predicted molar refractivity (Wildman–Crippen MR) is 68.5 cm³/mol. The number of aliphatic hydroxyl groups is 1. The van der Waals surface area contributed by atoms with Gasteiger partial charge in [-0.3, -0.25) is 0 Å². The maximum atomic E-state index is 11.1. The second-order valence-corrected chi connectivity index (χ2v) is 4.16. The maximum absolute atomic E-state index is 11.1.